The van der Waals surface area contributed by atoms with Crippen LogP contribution in [0.5, 0.6) is 11.5 Å². The zero-order valence-electron chi connectivity index (χ0n) is 14.3. The highest BCUT2D eigenvalue weighted by Crippen LogP contribution is 2.37. The molecule has 2 aromatic rings. The van der Waals surface area contributed by atoms with Crippen LogP contribution >= 0.6 is 0 Å². The molecule has 0 saturated carbocycles. The van der Waals surface area contributed by atoms with Crippen LogP contribution in [0.1, 0.15) is 34.0 Å². The van der Waals surface area contributed by atoms with E-state index < -0.39 is 0 Å². The Kier molecular flexibility index (Phi) is 4.88. The van der Waals surface area contributed by atoms with Crippen molar-refractivity contribution in [3.8, 4) is 11.5 Å². The van der Waals surface area contributed by atoms with E-state index in [0.717, 1.165) is 22.6 Å². The molecule has 0 spiro atoms. The lowest BCUT2D eigenvalue weighted by atomic mass is 9.94. The minimum Gasteiger partial charge on any atom is -0.497 e. The van der Waals surface area contributed by atoms with Crippen molar-refractivity contribution >= 4 is 11.7 Å². The second-order valence-corrected chi connectivity index (χ2v) is 5.51. The van der Waals surface area contributed by atoms with Crippen molar-refractivity contribution in [2.75, 3.05) is 21.3 Å². The van der Waals surface area contributed by atoms with Crippen molar-refractivity contribution in [2.45, 2.75) is 12.5 Å². The number of fused-ring (bicyclic) bond motifs is 1. The summed E-state index contributed by atoms with van der Waals surface area (Å²) >= 11 is 0. The topological polar surface area (TPSA) is 66.4 Å². The first-order chi connectivity index (χ1) is 12.2. The molecule has 0 aliphatic carbocycles. The maximum atomic E-state index is 11.8. The van der Waals surface area contributed by atoms with Crippen LogP contribution in [0.3, 0.4) is 0 Å². The number of esters is 1. The maximum absolute atomic E-state index is 11.8. The molecular weight excluding hydrogens is 322 g/mol. The van der Waals surface area contributed by atoms with E-state index in [2.05, 4.69) is 5.16 Å². The molecule has 1 unspecified atom stereocenters. The van der Waals surface area contributed by atoms with Crippen LogP contribution in [0, 0.1) is 0 Å². The lowest BCUT2D eigenvalue weighted by Gasteiger charge is -2.27. The molecule has 1 aliphatic rings. The minimum atomic E-state index is -0.381. The summed E-state index contributed by atoms with van der Waals surface area (Å²) in [6, 6.07) is 12.7. The van der Waals surface area contributed by atoms with Gasteiger partial charge in [0.1, 0.15) is 24.7 Å². The highest BCUT2D eigenvalue weighted by Gasteiger charge is 2.28. The second kappa shape index (κ2) is 7.25. The predicted molar refractivity (Wildman–Crippen MR) is 92.3 cm³/mol. The first kappa shape index (κ1) is 16.8. The van der Waals surface area contributed by atoms with Gasteiger partial charge in [0.25, 0.3) is 0 Å². The van der Waals surface area contributed by atoms with Gasteiger partial charge in [-0.15, -0.1) is 0 Å². The highest BCUT2D eigenvalue weighted by molar-refractivity contribution is 6.04. The van der Waals surface area contributed by atoms with Crippen LogP contribution in [0.25, 0.3) is 0 Å². The van der Waals surface area contributed by atoms with Crippen molar-refractivity contribution in [1.29, 1.82) is 0 Å². The molecule has 130 valence electrons. The van der Waals surface area contributed by atoms with Crippen LogP contribution < -0.4 is 9.47 Å². The monoisotopic (exact) mass is 341 g/mol. The van der Waals surface area contributed by atoms with E-state index in [-0.39, 0.29) is 12.1 Å². The quantitative estimate of drug-likeness (QED) is 0.630. The fourth-order valence-electron chi connectivity index (χ4n) is 2.81. The highest BCUT2D eigenvalue weighted by atomic mass is 16.6. The van der Waals surface area contributed by atoms with Crippen LogP contribution in [-0.2, 0) is 9.57 Å². The van der Waals surface area contributed by atoms with E-state index in [0.29, 0.717) is 17.7 Å². The summed E-state index contributed by atoms with van der Waals surface area (Å²) in [5.41, 5.74) is 2.94. The summed E-state index contributed by atoms with van der Waals surface area (Å²) in [4.78, 5) is 16.8. The van der Waals surface area contributed by atoms with Crippen molar-refractivity contribution in [2.24, 2.45) is 5.16 Å². The summed E-state index contributed by atoms with van der Waals surface area (Å²) in [7, 11) is 4.48. The molecule has 0 bridgehead atoms. The first-order valence-corrected chi connectivity index (χ1v) is 7.79. The zero-order valence-corrected chi connectivity index (χ0v) is 14.3. The first-order valence-electron chi connectivity index (χ1n) is 7.79. The molecule has 1 heterocycles. The third-order valence-corrected chi connectivity index (χ3v) is 4.03. The third-order valence-electron chi connectivity index (χ3n) is 4.03. The van der Waals surface area contributed by atoms with E-state index in [1.807, 2.05) is 30.3 Å². The number of carbonyl (C=O) groups excluding carboxylic acids is 1. The molecule has 25 heavy (non-hydrogen) atoms. The van der Waals surface area contributed by atoms with Gasteiger partial charge in [0, 0.05) is 12.0 Å². The van der Waals surface area contributed by atoms with Gasteiger partial charge in [-0.3, -0.25) is 0 Å². The van der Waals surface area contributed by atoms with Crippen molar-refractivity contribution in [3.05, 3.63) is 59.2 Å². The van der Waals surface area contributed by atoms with Gasteiger partial charge in [-0.05, 0) is 35.9 Å². The Morgan fingerprint density at radius 2 is 2.00 bits per heavy atom. The summed E-state index contributed by atoms with van der Waals surface area (Å²) in [6.07, 6.45) is 0.234. The average molecular weight is 341 g/mol. The number of benzene rings is 2. The Morgan fingerprint density at radius 3 is 2.72 bits per heavy atom. The SMILES string of the molecule is CO/N=C1\CC(c2cccc(C(=O)OC)c2)Oc2ccc(OC)cc21. The standard InChI is InChI=1S/C19H19NO5/c1-22-14-7-8-17-15(10-14)16(20-24-3)11-18(25-17)12-5-4-6-13(9-12)19(21)23-2/h4-10,18H,11H2,1-3H3/b20-16+. The molecule has 0 amide bonds. The average Bonchev–Trinajstić information content (AvgIpc) is 2.67. The summed E-state index contributed by atoms with van der Waals surface area (Å²) in [5.74, 6) is 1.03. The molecule has 1 atom stereocenters. The van der Waals surface area contributed by atoms with E-state index in [1.54, 1.807) is 19.2 Å². The molecule has 0 radical (unpaired) electrons. The minimum absolute atomic E-state index is 0.278. The Balaban J connectivity index is 1.97. The number of rotatable bonds is 4. The molecule has 0 fully saturated rings. The fourth-order valence-corrected chi connectivity index (χ4v) is 2.81. The smallest absolute Gasteiger partial charge is 0.337 e. The van der Waals surface area contributed by atoms with Crippen LogP contribution in [0.4, 0.5) is 0 Å². The summed E-state index contributed by atoms with van der Waals surface area (Å²) in [6.45, 7) is 0. The number of nitrogens with zero attached hydrogens (tertiary/aromatic N) is 1. The maximum Gasteiger partial charge on any atom is 0.337 e. The largest absolute Gasteiger partial charge is 0.497 e. The molecule has 0 aromatic heterocycles. The summed E-state index contributed by atoms with van der Waals surface area (Å²) in [5, 5.41) is 4.14. The van der Waals surface area contributed by atoms with E-state index in [9.17, 15) is 4.79 Å². The Morgan fingerprint density at radius 1 is 1.16 bits per heavy atom. The zero-order chi connectivity index (χ0) is 17.8. The fraction of sp³-hybridized carbons (Fsp3) is 0.263. The van der Waals surface area contributed by atoms with Gasteiger partial charge in [0.05, 0.1) is 25.5 Å². The second-order valence-electron chi connectivity index (χ2n) is 5.51. The summed E-state index contributed by atoms with van der Waals surface area (Å²) < 4.78 is 16.2. The lowest BCUT2D eigenvalue weighted by Crippen LogP contribution is -2.21. The van der Waals surface area contributed by atoms with Gasteiger partial charge in [0.15, 0.2) is 0 Å². The Hall–Kier alpha value is -3.02. The molecule has 2 aromatic carbocycles. The molecule has 6 heteroatoms. The predicted octanol–water partition coefficient (Wildman–Crippen LogP) is 3.36. The van der Waals surface area contributed by atoms with Gasteiger partial charge in [-0.2, -0.15) is 0 Å². The van der Waals surface area contributed by atoms with Gasteiger partial charge in [-0.25, -0.2) is 4.79 Å². The van der Waals surface area contributed by atoms with Crippen LogP contribution in [-0.4, -0.2) is 33.0 Å². The van der Waals surface area contributed by atoms with E-state index in [1.165, 1.54) is 14.2 Å². The molecule has 0 N–H and O–H groups in total. The molecule has 0 saturated heterocycles. The van der Waals surface area contributed by atoms with Gasteiger partial charge in [0.2, 0.25) is 0 Å². The number of carbonyl (C=O) groups is 1. The van der Waals surface area contributed by atoms with Crippen LogP contribution in [0.2, 0.25) is 0 Å². The number of ether oxygens (including phenoxy) is 3. The molecule has 3 rings (SSSR count). The Labute approximate surface area is 146 Å². The van der Waals surface area contributed by atoms with Crippen molar-refractivity contribution < 1.29 is 23.8 Å². The van der Waals surface area contributed by atoms with Gasteiger partial charge < -0.3 is 19.0 Å². The van der Waals surface area contributed by atoms with E-state index in [4.69, 9.17) is 19.0 Å². The lowest BCUT2D eigenvalue weighted by molar-refractivity contribution is 0.0600. The molecule has 1 aliphatic heterocycles. The normalized spacial score (nSPS) is 17.4. The van der Waals surface area contributed by atoms with E-state index >= 15 is 0 Å². The van der Waals surface area contributed by atoms with Gasteiger partial charge >= 0.3 is 5.97 Å². The van der Waals surface area contributed by atoms with Crippen molar-refractivity contribution in [3.63, 3.8) is 0 Å². The number of hydrogen-bond acceptors (Lipinski definition) is 6. The van der Waals surface area contributed by atoms with Crippen molar-refractivity contribution in [1.82, 2.24) is 0 Å². The number of methoxy groups -OCH3 is 2. The number of hydrogen-bond donors (Lipinski definition) is 0. The molecule has 6 nitrogen and oxygen atoms in total. The van der Waals surface area contributed by atoms with Gasteiger partial charge in [-0.1, -0.05) is 17.3 Å². The third kappa shape index (κ3) is 3.42. The molecular formula is C19H19NO5. The van der Waals surface area contributed by atoms with Crippen LogP contribution in [0.15, 0.2) is 47.6 Å². The Bertz CT molecular complexity index is 815. The number of oxime groups is 1.